The van der Waals surface area contributed by atoms with Crippen LogP contribution < -0.4 is 14.8 Å². The Morgan fingerprint density at radius 3 is 2.80 bits per heavy atom. The van der Waals surface area contributed by atoms with Crippen LogP contribution in [0.3, 0.4) is 0 Å². The van der Waals surface area contributed by atoms with Gasteiger partial charge in [-0.25, -0.2) is 4.98 Å². The van der Waals surface area contributed by atoms with Crippen LogP contribution in [0.25, 0.3) is 11.5 Å². The van der Waals surface area contributed by atoms with Gasteiger partial charge in [0, 0.05) is 25.2 Å². The third kappa shape index (κ3) is 4.30. The molecule has 7 nitrogen and oxygen atoms in total. The number of benzene rings is 1. The topological polar surface area (TPSA) is 76.8 Å². The average Bonchev–Trinajstić information content (AvgIpc) is 3.05. The van der Waals surface area contributed by atoms with Gasteiger partial charge in [0.2, 0.25) is 11.8 Å². The molecular weight excluding hydrogens is 322 g/mol. The highest BCUT2D eigenvalue weighted by atomic mass is 16.5. The molecule has 25 heavy (non-hydrogen) atoms. The van der Waals surface area contributed by atoms with Crippen molar-refractivity contribution in [2.45, 2.75) is 20.4 Å². The summed E-state index contributed by atoms with van der Waals surface area (Å²) in [4.78, 5) is 18.0. The normalized spacial score (nSPS) is 15.0. The zero-order chi connectivity index (χ0) is 17.6. The van der Waals surface area contributed by atoms with E-state index in [-0.39, 0.29) is 5.91 Å². The lowest BCUT2D eigenvalue weighted by Gasteiger charge is -2.25. The van der Waals surface area contributed by atoms with Gasteiger partial charge in [0.25, 0.3) is 0 Å². The van der Waals surface area contributed by atoms with Crippen LogP contribution in [0.1, 0.15) is 19.5 Å². The van der Waals surface area contributed by atoms with Crippen LogP contribution in [-0.2, 0) is 11.3 Å². The van der Waals surface area contributed by atoms with E-state index in [4.69, 9.17) is 13.9 Å². The van der Waals surface area contributed by atoms with Gasteiger partial charge in [-0.2, -0.15) is 0 Å². The van der Waals surface area contributed by atoms with Gasteiger partial charge < -0.3 is 19.2 Å². The molecule has 0 radical (unpaired) electrons. The maximum absolute atomic E-state index is 11.5. The molecule has 2 aromatic rings. The van der Waals surface area contributed by atoms with Crippen LogP contribution in [0.2, 0.25) is 0 Å². The molecule has 7 heteroatoms. The minimum atomic E-state index is 0.0443. The number of carbonyl (C=O) groups is 1. The fourth-order valence-electron chi connectivity index (χ4n) is 2.75. The van der Waals surface area contributed by atoms with Crippen molar-refractivity contribution in [3.63, 3.8) is 0 Å². The second kappa shape index (κ2) is 8.02. The van der Waals surface area contributed by atoms with Crippen LogP contribution in [0, 0.1) is 0 Å². The number of hydrogen-bond acceptors (Lipinski definition) is 6. The van der Waals surface area contributed by atoms with Crippen molar-refractivity contribution in [3.05, 3.63) is 30.2 Å². The van der Waals surface area contributed by atoms with E-state index >= 15 is 0 Å². The predicted octanol–water partition coefficient (Wildman–Crippen LogP) is 2.07. The molecule has 1 amide bonds. The first-order chi connectivity index (χ1) is 12.2. The molecule has 0 unspecified atom stereocenters. The highest BCUT2D eigenvalue weighted by Crippen LogP contribution is 2.32. The van der Waals surface area contributed by atoms with Crippen molar-refractivity contribution in [1.82, 2.24) is 15.2 Å². The number of amides is 1. The molecule has 1 aromatic heterocycles. The van der Waals surface area contributed by atoms with Crippen molar-refractivity contribution in [2.24, 2.45) is 0 Å². The Balaban J connectivity index is 1.74. The lowest BCUT2D eigenvalue weighted by atomic mass is 10.2. The van der Waals surface area contributed by atoms with Crippen LogP contribution >= 0.6 is 0 Å². The number of nitrogens with one attached hydrogen (secondary N) is 1. The Kier molecular flexibility index (Phi) is 5.55. The molecule has 3 rings (SSSR count). The van der Waals surface area contributed by atoms with Gasteiger partial charge in [0.15, 0.2) is 11.5 Å². The van der Waals surface area contributed by atoms with E-state index < -0.39 is 0 Å². The van der Waals surface area contributed by atoms with Crippen molar-refractivity contribution >= 4 is 5.91 Å². The molecule has 1 aromatic carbocycles. The Morgan fingerprint density at radius 2 is 2.04 bits per heavy atom. The molecule has 0 saturated carbocycles. The molecule has 134 valence electrons. The number of piperazine rings is 1. The van der Waals surface area contributed by atoms with Crippen molar-refractivity contribution in [2.75, 3.05) is 32.8 Å². The van der Waals surface area contributed by atoms with Crippen LogP contribution in [-0.4, -0.2) is 48.6 Å². The molecule has 2 heterocycles. The molecule has 0 aliphatic carbocycles. The number of carbonyl (C=O) groups excluding carboxylic acids is 1. The lowest BCUT2D eigenvalue weighted by Crippen LogP contribution is -2.47. The van der Waals surface area contributed by atoms with Gasteiger partial charge in [0.1, 0.15) is 6.26 Å². The van der Waals surface area contributed by atoms with Gasteiger partial charge in [-0.05, 0) is 32.0 Å². The summed E-state index contributed by atoms with van der Waals surface area (Å²) in [7, 11) is 0. The molecular formula is C18H23N3O4. The molecule has 1 aliphatic rings. The summed E-state index contributed by atoms with van der Waals surface area (Å²) in [6.45, 7) is 7.45. The smallest absolute Gasteiger partial charge is 0.234 e. The average molecular weight is 345 g/mol. The molecule has 1 saturated heterocycles. The molecule has 0 atom stereocenters. The van der Waals surface area contributed by atoms with Crippen LogP contribution in [0.4, 0.5) is 0 Å². The number of rotatable bonds is 7. The van der Waals surface area contributed by atoms with Crippen molar-refractivity contribution in [3.8, 4) is 23.0 Å². The summed E-state index contributed by atoms with van der Waals surface area (Å²) in [5, 5.41) is 2.81. The van der Waals surface area contributed by atoms with E-state index in [0.717, 1.165) is 17.8 Å². The minimum Gasteiger partial charge on any atom is -0.490 e. The van der Waals surface area contributed by atoms with E-state index in [1.807, 2.05) is 36.9 Å². The zero-order valence-corrected chi connectivity index (χ0v) is 14.6. The first kappa shape index (κ1) is 17.3. The standard InChI is InChI=1S/C18H23N3O4/c1-3-23-15-6-5-13(9-16(15)24-4-2)18-20-14(12-25-18)10-21-8-7-19-17(22)11-21/h5-6,9,12H,3-4,7-8,10-11H2,1-2H3,(H,19,22). The van der Waals surface area contributed by atoms with Gasteiger partial charge in [-0.3, -0.25) is 9.69 Å². The number of hydrogen-bond donors (Lipinski definition) is 1. The van der Waals surface area contributed by atoms with Gasteiger partial charge in [0.05, 0.1) is 25.5 Å². The Morgan fingerprint density at radius 1 is 1.24 bits per heavy atom. The first-order valence-electron chi connectivity index (χ1n) is 8.53. The molecule has 1 fully saturated rings. The largest absolute Gasteiger partial charge is 0.490 e. The Labute approximate surface area is 146 Å². The van der Waals surface area contributed by atoms with Crippen molar-refractivity contribution < 1.29 is 18.7 Å². The fourth-order valence-corrected chi connectivity index (χ4v) is 2.75. The number of aromatic nitrogens is 1. The van der Waals surface area contributed by atoms with E-state index in [9.17, 15) is 4.79 Å². The molecule has 1 aliphatic heterocycles. The van der Waals surface area contributed by atoms with E-state index in [1.54, 1.807) is 6.26 Å². The fraction of sp³-hybridized carbons (Fsp3) is 0.444. The maximum Gasteiger partial charge on any atom is 0.234 e. The third-order valence-electron chi connectivity index (χ3n) is 3.85. The summed E-state index contributed by atoms with van der Waals surface area (Å²) in [5.74, 6) is 1.96. The summed E-state index contributed by atoms with van der Waals surface area (Å²) in [6.07, 6.45) is 1.64. The van der Waals surface area contributed by atoms with E-state index in [2.05, 4.69) is 10.3 Å². The zero-order valence-electron chi connectivity index (χ0n) is 14.6. The van der Waals surface area contributed by atoms with Gasteiger partial charge in [-0.15, -0.1) is 0 Å². The Bertz CT molecular complexity index is 729. The highest BCUT2D eigenvalue weighted by Gasteiger charge is 2.18. The molecule has 0 bridgehead atoms. The lowest BCUT2D eigenvalue weighted by molar-refractivity contribution is -0.124. The van der Waals surface area contributed by atoms with Gasteiger partial charge >= 0.3 is 0 Å². The number of oxazole rings is 1. The SMILES string of the molecule is CCOc1ccc(-c2nc(CN3CCNC(=O)C3)co2)cc1OCC. The van der Waals surface area contributed by atoms with Crippen molar-refractivity contribution in [1.29, 1.82) is 0 Å². The maximum atomic E-state index is 11.5. The summed E-state index contributed by atoms with van der Waals surface area (Å²) >= 11 is 0. The second-order valence-electron chi connectivity index (χ2n) is 5.73. The van der Waals surface area contributed by atoms with E-state index in [1.165, 1.54) is 0 Å². The van der Waals surface area contributed by atoms with Crippen LogP contribution in [0.15, 0.2) is 28.9 Å². The predicted molar refractivity (Wildman–Crippen MR) is 92.6 cm³/mol. The number of nitrogens with zero attached hydrogens (tertiary/aromatic N) is 2. The third-order valence-corrected chi connectivity index (χ3v) is 3.85. The second-order valence-corrected chi connectivity index (χ2v) is 5.73. The summed E-state index contributed by atoms with van der Waals surface area (Å²) in [5.41, 5.74) is 1.63. The Hall–Kier alpha value is -2.54. The highest BCUT2D eigenvalue weighted by molar-refractivity contribution is 5.78. The first-order valence-corrected chi connectivity index (χ1v) is 8.53. The van der Waals surface area contributed by atoms with Gasteiger partial charge in [-0.1, -0.05) is 0 Å². The van der Waals surface area contributed by atoms with E-state index in [0.29, 0.717) is 50.2 Å². The summed E-state index contributed by atoms with van der Waals surface area (Å²) < 4.78 is 16.8. The summed E-state index contributed by atoms with van der Waals surface area (Å²) in [6, 6.07) is 5.64. The quantitative estimate of drug-likeness (QED) is 0.828. The minimum absolute atomic E-state index is 0.0443. The monoisotopic (exact) mass is 345 g/mol. The number of ether oxygens (including phenoxy) is 2. The van der Waals surface area contributed by atoms with Crippen LogP contribution in [0.5, 0.6) is 11.5 Å². The molecule has 0 spiro atoms. The molecule has 1 N–H and O–H groups in total.